The lowest BCUT2D eigenvalue weighted by molar-refractivity contribution is 0.549. The normalized spacial score (nSPS) is 13.4. The molecular formula is C14H14N4O2S. The van der Waals surface area contributed by atoms with Gasteiger partial charge in [-0.05, 0) is 17.7 Å². The number of primary sulfonamides is 1. The van der Waals surface area contributed by atoms with E-state index in [0.29, 0.717) is 11.2 Å². The molecule has 0 aliphatic rings. The third kappa shape index (κ3) is 2.79. The predicted octanol–water partition coefficient (Wildman–Crippen LogP) is 1.46. The highest BCUT2D eigenvalue weighted by molar-refractivity contribution is 7.89. The Labute approximate surface area is 122 Å². The van der Waals surface area contributed by atoms with Crippen molar-refractivity contribution in [1.29, 1.82) is 0 Å². The molecule has 0 radical (unpaired) electrons. The maximum Gasteiger partial charge on any atom is 0.231 e. The van der Waals surface area contributed by atoms with Crippen LogP contribution in [-0.4, -0.2) is 23.0 Å². The molecule has 0 spiro atoms. The van der Waals surface area contributed by atoms with Crippen LogP contribution < -0.4 is 5.14 Å². The smallest absolute Gasteiger partial charge is 0.231 e. The van der Waals surface area contributed by atoms with Gasteiger partial charge in [-0.2, -0.15) is 0 Å². The summed E-state index contributed by atoms with van der Waals surface area (Å²) in [6, 6.07) is 12.9. The Morgan fingerprint density at radius 3 is 2.57 bits per heavy atom. The summed E-state index contributed by atoms with van der Waals surface area (Å²) in [4.78, 5) is 8.37. The summed E-state index contributed by atoms with van der Waals surface area (Å²) in [6.45, 7) is 0. The Balaban J connectivity index is 2.08. The zero-order valence-corrected chi connectivity index (χ0v) is 11.9. The predicted molar refractivity (Wildman–Crippen MR) is 79.8 cm³/mol. The van der Waals surface area contributed by atoms with Crippen LogP contribution in [0, 0.1) is 0 Å². The topological polar surface area (TPSA) is 90.9 Å². The number of nitrogens with zero attached hydrogens (tertiary/aromatic N) is 3. The molecule has 0 aliphatic heterocycles. The third-order valence-electron chi connectivity index (χ3n) is 3.27. The summed E-state index contributed by atoms with van der Waals surface area (Å²) >= 11 is 0. The van der Waals surface area contributed by atoms with Gasteiger partial charge >= 0.3 is 0 Å². The van der Waals surface area contributed by atoms with Crippen LogP contribution in [-0.2, 0) is 16.4 Å². The minimum absolute atomic E-state index is 0.266. The summed E-state index contributed by atoms with van der Waals surface area (Å²) in [5, 5.41) is 4.47. The highest BCUT2D eigenvalue weighted by Gasteiger charge is 2.25. The van der Waals surface area contributed by atoms with Gasteiger partial charge < -0.3 is 0 Å². The first-order valence-corrected chi connectivity index (χ1v) is 8.00. The Bertz CT molecular complexity index is 859. The second-order valence-electron chi connectivity index (χ2n) is 4.73. The van der Waals surface area contributed by atoms with Crippen molar-refractivity contribution in [3.63, 3.8) is 0 Å². The van der Waals surface area contributed by atoms with E-state index in [9.17, 15) is 8.42 Å². The van der Waals surface area contributed by atoms with Crippen molar-refractivity contribution in [2.24, 2.45) is 5.14 Å². The van der Waals surface area contributed by atoms with Gasteiger partial charge in [-0.1, -0.05) is 30.3 Å². The van der Waals surface area contributed by atoms with Crippen molar-refractivity contribution in [2.75, 3.05) is 0 Å². The largest absolute Gasteiger partial charge is 0.296 e. The Morgan fingerprint density at radius 1 is 1.10 bits per heavy atom. The van der Waals surface area contributed by atoms with Crippen molar-refractivity contribution in [1.82, 2.24) is 14.5 Å². The van der Waals surface area contributed by atoms with Crippen molar-refractivity contribution in [3.05, 3.63) is 60.6 Å². The minimum Gasteiger partial charge on any atom is -0.296 e. The highest BCUT2D eigenvalue weighted by atomic mass is 32.2. The summed E-state index contributed by atoms with van der Waals surface area (Å²) in [6.07, 6.45) is 3.33. The van der Waals surface area contributed by atoms with Crippen LogP contribution in [0.25, 0.3) is 11.2 Å². The molecule has 2 heterocycles. The summed E-state index contributed by atoms with van der Waals surface area (Å²) in [5.41, 5.74) is 2.03. The number of nitrogens with two attached hydrogens (primary N) is 1. The van der Waals surface area contributed by atoms with Gasteiger partial charge in [-0.25, -0.2) is 23.5 Å². The fourth-order valence-corrected chi connectivity index (χ4v) is 3.16. The van der Waals surface area contributed by atoms with Crippen LogP contribution in [0.2, 0.25) is 0 Å². The number of rotatable bonds is 4. The molecule has 3 aromatic rings. The lowest BCUT2D eigenvalue weighted by atomic mass is 10.1. The van der Waals surface area contributed by atoms with E-state index in [1.165, 1.54) is 10.9 Å². The number of imidazole rings is 1. The molecule has 7 heteroatoms. The molecule has 2 aromatic heterocycles. The third-order valence-corrected chi connectivity index (χ3v) is 4.43. The van der Waals surface area contributed by atoms with Crippen molar-refractivity contribution >= 4 is 21.2 Å². The Morgan fingerprint density at radius 2 is 1.86 bits per heavy atom. The molecule has 0 amide bonds. The molecule has 0 saturated heterocycles. The number of sulfonamides is 1. The molecule has 0 bridgehead atoms. The quantitative estimate of drug-likeness (QED) is 0.790. The first-order chi connectivity index (χ1) is 10.1. The number of fused-ring (bicyclic) bond motifs is 1. The molecular weight excluding hydrogens is 288 g/mol. The summed E-state index contributed by atoms with van der Waals surface area (Å²) < 4.78 is 25.5. The average molecular weight is 302 g/mol. The number of pyridine rings is 1. The molecule has 108 valence electrons. The van der Waals surface area contributed by atoms with E-state index in [-0.39, 0.29) is 6.42 Å². The van der Waals surface area contributed by atoms with Gasteiger partial charge in [0.2, 0.25) is 10.0 Å². The van der Waals surface area contributed by atoms with E-state index in [2.05, 4.69) is 9.97 Å². The molecule has 1 atom stereocenters. The van der Waals surface area contributed by atoms with Crippen molar-refractivity contribution < 1.29 is 8.42 Å². The zero-order valence-electron chi connectivity index (χ0n) is 11.1. The molecule has 1 aromatic carbocycles. The van der Waals surface area contributed by atoms with E-state index < -0.39 is 15.4 Å². The maximum absolute atomic E-state index is 12.0. The van der Waals surface area contributed by atoms with Crippen LogP contribution in [0.5, 0.6) is 0 Å². The first-order valence-electron chi connectivity index (χ1n) is 6.39. The molecule has 0 fully saturated rings. The first kappa shape index (κ1) is 13.7. The second kappa shape index (κ2) is 5.27. The monoisotopic (exact) mass is 302 g/mol. The molecule has 21 heavy (non-hydrogen) atoms. The van der Waals surface area contributed by atoms with Gasteiger partial charge in [0.1, 0.15) is 5.52 Å². The number of benzene rings is 1. The maximum atomic E-state index is 12.0. The van der Waals surface area contributed by atoms with Crippen LogP contribution in [0.15, 0.2) is 55.0 Å². The summed E-state index contributed by atoms with van der Waals surface area (Å²) in [7, 11) is -3.79. The summed E-state index contributed by atoms with van der Waals surface area (Å²) in [5.74, 6) is 0. The van der Waals surface area contributed by atoms with E-state index in [0.717, 1.165) is 5.56 Å². The Kier molecular flexibility index (Phi) is 3.44. The Hall–Kier alpha value is -2.25. The highest BCUT2D eigenvalue weighted by Crippen LogP contribution is 2.22. The fourth-order valence-electron chi connectivity index (χ4n) is 2.27. The van der Waals surface area contributed by atoms with Gasteiger partial charge in [0, 0.05) is 12.6 Å². The minimum atomic E-state index is -3.79. The van der Waals surface area contributed by atoms with E-state index in [1.807, 2.05) is 30.3 Å². The lowest BCUT2D eigenvalue weighted by Gasteiger charge is -2.16. The van der Waals surface area contributed by atoms with Gasteiger partial charge in [0.15, 0.2) is 11.0 Å². The van der Waals surface area contributed by atoms with Gasteiger partial charge in [-0.3, -0.25) is 4.57 Å². The van der Waals surface area contributed by atoms with E-state index >= 15 is 0 Å². The van der Waals surface area contributed by atoms with Crippen LogP contribution >= 0.6 is 0 Å². The number of hydrogen-bond donors (Lipinski definition) is 1. The number of hydrogen-bond acceptors (Lipinski definition) is 4. The molecule has 0 saturated carbocycles. The SMILES string of the molecule is NS(=O)(=O)C(Cc1ccccc1)n1cnc2cccnc21. The van der Waals surface area contributed by atoms with Crippen LogP contribution in [0.3, 0.4) is 0 Å². The molecule has 6 nitrogen and oxygen atoms in total. The number of aromatic nitrogens is 3. The van der Waals surface area contributed by atoms with Crippen molar-refractivity contribution in [3.8, 4) is 0 Å². The molecule has 1 unspecified atom stereocenters. The molecule has 0 aliphatic carbocycles. The van der Waals surface area contributed by atoms with Crippen LogP contribution in [0.4, 0.5) is 0 Å². The van der Waals surface area contributed by atoms with Crippen LogP contribution in [0.1, 0.15) is 10.9 Å². The van der Waals surface area contributed by atoms with E-state index in [1.54, 1.807) is 18.3 Å². The van der Waals surface area contributed by atoms with Crippen molar-refractivity contribution in [2.45, 2.75) is 11.8 Å². The average Bonchev–Trinajstić information content (AvgIpc) is 2.88. The molecule has 3 rings (SSSR count). The van der Waals surface area contributed by atoms with Gasteiger partial charge in [0.25, 0.3) is 0 Å². The van der Waals surface area contributed by atoms with Gasteiger partial charge in [0.05, 0.1) is 6.33 Å². The van der Waals surface area contributed by atoms with Gasteiger partial charge in [-0.15, -0.1) is 0 Å². The fraction of sp³-hybridized carbons (Fsp3) is 0.143. The lowest BCUT2D eigenvalue weighted by Crippen LogP contribution is -2.28. The zero-order chi connectivity index (χ0) is 14.9. The second-order valence-corrected chi connectivity index (χ2v) is 6.45. The standard InChI is InChI=1S/C14H14N4O2S/c15-21(19,20)13(9-11-5-2-1-3-6-11)18-10-17-12-7-4-8-16-14(12)18/h1-8,10,13H,9H2,(H2,15,19,20). The molecule has 2 N–H and O–H groups in total. The van der Waals surface area contributed by atoms with E-state index in [4.69, 9.17) is 5.14 Å².